The molecule has 0 aliphatic rings. The van der Waals surface area contributed by atoms with Gasteiger partial charge >= 0.3 is 5.97 Å². The lowest BCUT2D eigenvalue weighted by molar-refractivity contribution is 0.0597. The van der Waals surface area contributed by atoms with E-state index in [1.807, 2.05) is 0 Å². The van der Waals surface area contributed by atoms with Gasteiger partial charge in [0, 0.05) is 6.07 Å². The van der Waals surface area contributed by atoms with Gasteiger partial charge in [-0.25, -0.2) is 13.2 Å². The van der Waals surface area contributed by atoms with Crippen LogP contribution >= 0.6 is 0 Å². The Morgan fingerprint density at radius 1 is 1.18 bits per heavy atom. The van der Waals surface area contributed by atoms with Crippen LogP contribution in [0.4, 0.5) is 5.69 Å². The summed E-state index contributed by atoms with van der Waals surface area (Å²) in [5.74, 6) is -1.07. The number of benzene rings is 2. The minimum absolute atomic E-state index is 0.0407. The molecule has 2 rings (SSSR count). The summed E-state index contributed by atoms with van der Waals surface area (Å²) in [4.78, 5) is 11.5. The fourth-order valence-corrected chi connectivity index (χ4v) is 3.03. The zero-order valence-corrected chi connectivity index (χ0v) is 12.8. The second-order valence-electron chi connectivity index (χ2n) is 4.65. The second kappa shape index (κ2) is 6.07. The SMILES string of the molecule is COC(=O)c1ccc(NS(=O)(=O)c2cccc(C)c2)cc1O. The maximum atomic E-state index is 12.3. The first-order valence-corrected chi connectivity index (χ1v) is 7.82. The molecule has 0 aliphatic carbocycles. The number of ether oxygens (including phenoxy) is 1. The van der Waals surface area contributed by atoms with Crippen LogP contribution in [0.25, 0.3) is 0 Å². The number of aryl methyl sites for hydroxylation is 1. The summed E-state index contributed by atoms with van der Waals surface area (Å²) >= 11 is 0. The zero-order chi connectivity index (χ0) is 16.3. The topological polar surface area (TPSA) is 92.7 Å². The molecule has 2 N–H and O–H groups in total. The van der Waals surface area contributed by atoms with E-state index in [2.05, 4.69) is 9.46 Å². The molecule has 116 valence electrons. The molecule has 2 aromatic carbocycles. The molecule has 0 bridgehead atoms. The summed E-state index contributed by atoms with van der Waals surface area (Å²) in [5.41, 5.74) is 0.916. The number of carbonyl (C=O) groups is 1. The highest BCUT2D eigenvalue weighted by Gasteiger charge is 2.17. The van der Waals surface area contributed by atoms with E-state index in [0.29, 0.717) is 0 Å². The maximum Gasteiger partial charge on any atom is 0.341 e. The third-order valence-corrected chi connectivity index (χ3v) is 4.33. The molecule has 0 fully saturated rings. The van der Waals surface area contributed by atoms with Gasteiger partial charge in [0.1, 0.15) is 11.3 Å². The Bertz CT molecular complexity index is 814. The molecule has 0 spiro atoms. The molecule has 0 saturated heterocycles. The van der Waals surface area contributed by atoms with Crippen molar-refractivity contribution in [3.8, 4) is 5.75 Å². The average molecular weight is 321 g/mol. The molecular weight excluding hydrogens is 306 g/mol. The number of phenolic OH excluding ortho intramolecular Hbond substituents is 1. The number of methoxy groups -OCH3 is 1. The lowest BCUT2D eigenvalue weighted by Gasteiger charge is -2.10. The summed E-state index contributed by atoms with van der Waals surface area (Å²) in [6.07, 6.45) is 0. The number of hydrogen-bond acceptors (Lipinski definition) is 5. The van der Waals surface area contributed by atoms with Crippen LogP contribution in [-0.4, -0.2) is 26.6 Å². The molecule has 0 unspecified atom stereocenters. The molecule has 0 saturated carbocycles. The van der Waals surface area contributed by atoms with Crippen molar-refractivity contribution < 1.29 is 23.1 Å². The Morgan fingerprint density at radius 2 is 1.91 bits per heavy atom. The van der Waals surface area contributed by atoms with Crippen LogP contribution < -0.4 is 4.72 Å². The quantitative estimate of drug-likeness (QED) is 0.843. The highest BCUT2D eigenvalue weighted by molar-refractivity contribution is 7.92. The fourth-order valence-electron chi connectivity index (χ4n) is 1.87. The van der Waals surface area contributed by atoms with Crippen molar-refractivity contribution in [3.63, 3.8) is 0 Å². The second-order valence-corrected chi connectivity index (χ2v) is 6.33. The molecule has 2 aromatic rings. The highest BCUT2D eigenvalue weighted by atomic mass is 32.2. The third kappa shape index (κ3) is 3.37. The number of hydrogen-bond donors (Lipinski definition) is 2. The van der Waals surface area contributed by atoms with Crippen molar-refractivity contribution in [1.82, 2.24) is 0 Å². The van der Waals surface area contributed by atoms with Gasteiger partial charge in [-0.15, -0.1) is 0 Å². The van der Waals surface area contributed by atoms with Crippen LogP contribution in [0, 0.1) is 6.92 Å². The number of nitrogens with one attached hydrogen (secondary N) is 1. The number of rotatable bonds is 4. The van der Waals surface area contributed by atoms with E-state index >= 15 is 0 Å². The normalized spacial score (nSPS) is 11.0. The van der Waals surface area contributed by atoms with Crippen LogP contribution in [-0.2, 0) is 14.8 Å². The van der Waals surface area contributed by atoms with Gasteiger partial charge in [-0.05, 0) is 36.8 Å². The Labute approximate surface area is 128 Å². The van der Waals surface area contributed by atoms with Gasteiger partial charge in [0.15, 0.2) is 0 Å². The Hall–Kier alpha value is -2.54. The number of carbonyl (C=O) groups excluding carboxylic acids is 1. The number of aromatic hydroxyl groups is 1. The first-order valence-electron chi connectivity index (χ1n) is 6.34. The average Bonchev–Trinajstić information content (AvgIpc) is 2.46. The number of sulfonamides is 1. The molecule has 0 aromatic heterocycles. The summed E-state index contributed by atoms with van der Waals surface area (Å²) in [6.45, 7) is 1.79. The number of phenols is 1. The van der Waals surface area contributed by atoms with Gasteiger partial charge in [0.2, 0.25) is 0 Å². The van der Waals surface area contributed by atoms with Crippen molar-refractivity contribution in [1.29, 1.82) is 0 Å². The van der Waals surface area contributed by atoms with E-state index in [4.69, 9.17) is 0 Å². The predicted octanol–water partition coefficient (Wildman–Crippen LogP) is 2.29. The van der Waals surface area contributed by atoms with Crippen LogP contribution in [0.1, 0.15) is 15.9 Å². The Morgan fingerprint density at radius 3 is 2.50 bits per heavy atom. The largest absolute Gasteiger partial charge is 0.507 e. The van der Waals surface area contributed by atoms with E-state index in [9.17, 15) is 18.3 Å². The third-order valence-electron chi connectivity index (χ3n) is 2.96. The van der Waals surface area contributed by atoms with Gasteiger partial charge in [-0.2, -0.15) is 0 Å². The van der Waals surface area contributed by atoms with E-state index in [1.54, 1.807) is 19.1 Å². The molecule has 22 heavy (non-hydrogen) atoms. The summed E-state index contributed by atoms with van der Waals surface area (Å²) in [7, 11) is -2.58. The number of anilines is 1. The molecule has 0 heterocycles. The Balaban J connectivity index is 2.31. The monoisotopic (exact) mass is 321 g/mol. The molecular formula is C15H15NO5S. The lowest BCUT2D eigenvalue weighted by atomic mass is 10.2. The molecule has 7 heteroatoms. The minimum Gasteiger partial charge on any atom is -0.507 e. The smallest absolute Gasteiger partial charge is 0.341 e. The lowest BCUT2D eigenvalue weighted by Crippen LogP contribution is -2.13. The first-order chi connectivity index (χ1) is 10.3. The van der Waals surface area contributed by atoms with Crippen LogP contribution in [0.5, 0.6) is 5.75 Å². The van der Waals surface area contributed by atoms with E-state index < -0.39 is 16.0 Å². The van der Waals surface area contributed by atoms with Gasteiger partial charge in [-0.3, -0.25) is 4.72 Å². The van der Waals surface area contributed by atoms with Crippen LogP contribution in [0.15, 0.2) is 47.4 Å². The summed E-state index contributed by atoms with van der Waals surface area (Å²) in [6, 6.07) is 10.2. The fraction of sp³-hybridized carbons (Fsp3) is 0.133. The van der Waals surface area contributed by atoms with Crippen molar-refractivity contribution in [2.75, 3.05) is 11.8 Å². The first kappa shape index (κ1) is 15.8. The van der Waals surface area contributed by atoms with Crippen molar-refractivity contribution >= 4 is 21.7 Å². The predicted molar refractivity (Wildman–Crippen MR) is 81.4 cm³/mol. The Kier molecular flexibility index (Phi) is 4.37. The van der Waals surface area contributed by atoms with Gasteiger partial charge in [0.25, 0.3) is 10.0 Å². The summed E-state index contributed by atoms with van der Waals surface area (Å²) in [5, 5.41) is 9.77. The minimum atomic E-state index is -3.77. The summed E-state index contributed by atoms with van der Waals surface area (Å²) < 4.78 is 31.4. The van der Waals surface area contributed by atoms with Crippen LogP contribution in [0.2, 0.25) is 0 Å². The van der Waals surface area contributed by atoms with Crippen molar-refractivity contribution in [3.05, 3.63) is 53.6 Å². The van der Waals surface area contributed by atoms with E-state index in [0.717, 1.165) is 11.6 Å². The van der Waals surface area contributed by atoms with E-state index in [1.165, 1.54) is 31.4 Å². The van der Waals surface area contributed by atoms with Gasteiger partial charge in [0.05, 0.1) is 17.7 Å². The highest BCUT2D eigenvalue weighted by Crippen LogP contribution is 2.24. The maximum absolute atomic E-state index is 12.3. The number of esters is 1. The molecule has 0 aliphatic heterocycles. The molecule has 6 nitrogen and oxygen atoms in total. The van der Waals surface area contributed by atoms with Crippen molar-refractivity contribution in [2.45, 2.75) is 11.8 Å². The van der Waals surface area contributed by atoms with E-state index in [-0.39, 0.29) is 21.9 Å². The molecule has 0 amide bonds. The van der Waals surface area contributed by atoms with Crippen LogP contribution in [0.3, 0.4) is 0 Å². The van der Waals surface area contributed by atoms with Gasteiger partial charge < -0.3 is 9.84 Å². The van der Waals surface area contributed by atoms with Crippen molar-refractivity contribution in [2.24, 2.45) is 0 Å². The molecule has 0 atom stereocenters. The molecule has 0 radical (unpaired) electrons. The van der Waals surface area contributed by atoms with Gasteiger partial charge in [-0.1, -0.05) is 12.1 Å². The zero-order valence-electron chi connectivity index (χ0n) is 12.0. The standard InChI is InChI=1S/C15H15NO5S/c1-10-4-3-5-12(8-10)22(19,20)16-11-6-7-13(14(17)9-11)15(18)21-2/h3-9,16-17H,1-2H3.